The van der Waals surface area contributed by atoms with Gasteiger partial charge in [-0.15, -0.1) is 10.2 Å². The maximum absolute atomic E-state index is 12.4. The number of benzene rings is 1. The predicted molar refractivity (Wildman–Crippen MR) is 112 cm³/mol. The number of aromatic nitrogens is 2. The van der Waals surface area contributed by atoms with E-state index in [9.17, 15) is 9.59 Å². The van der Waals surface area contributed by atoms with Crippen LogP contribution in [0.5, 0.6) is 0 Å². The summed E-state index contributed by atoms with van der Waals surface area (Å²) in [5.74, 6) is 1.02. The van der Waals surface area contributed by atoms with Crippen molar-refractivity contribution in [2.45, 2.75) is 77.2 Å². The molecule has 1 fully saturated rings. The summed E-state index contributed by atoms with van der Waals surface area (Å²) in [6.07, 6.45) is 0.816. The molecule has 3 atom stereocenters. The maximum atomic E-state index is 12.4. The number of carbonyl (C=O) groups is 2. The zero-order valence-electron chi connectivity index (χ0n) is 18.4. The van der Waals surface area contributed by atoms with Gasteiger partial charge in [-0.3, -0.25) is 0 Å². The average molecular weight is 431 g/mol. The van der Waals surface area contributed by atoms with Gasteiger partial charge in [-0.1, -0.05) is 30.3 Å². The molecule has 1 aliphatic carbocycles. The summed E-state index contributed by atoms with van der Waals surface area (Å²) < 4.78 is 16.3. The lowest BCUT2D eigenvalue weighted by atomic mass is 9.82. The molecule has 2 amide bonds. The van der Waals surface area contributed by atoms with Crippen molar-refractivity contribution in [1.29, 1.82) is 0 Å². The van der Waals surface area contributed by atoms with Gasteiger partial charge in [-0.05, 0) is 45.6 Å². The Hall–Kier alpha value is -3.10. The molecule has 1 aromatic heterocycles. The Bertz CT molecular complexity index is 878. The first kappa shape index (κ1) is 22.6. The Morgan fingerprint density at radius 3 is 2.42 bits per heavy atom. The molecule has 0 radical (unpaired) electrons. The number of nitrogens with one attached hydrogen (secondary N) is 2. The minimum Gasteiger partial charge on any atom is -0.445 e. The highest BCUT2D eigenvalue weighted by Gasteiger charge is 2.36. The van der Waals surface area contributed by atoms with Crippen molar-refractivity contribution in [3.63, 3.8) is 0 Å². The van der Waals surface area contributed by atoms with Crippen LogP contribution in [0, 0.1) is 6.92 Å². The third-order valence-corrected chi connectivity index (χ3v) is 4.96. The molecule has 1 aliphatic rings. The van der Waals surface area contributed by atoms with Gasteiger partial charge in [0.1, 0.15) is 12.2 Å². The largest absolute Gasteiger partial charge is 0.445 e. The summed E-state index contributed by atoms with van der Waals surface area (Å²) in [5, 5.41) is 13.8. The van der Waals surface area contributed by atoms with E-state index in [4.69, 9.17) is 13.9 Å². The van der Waals surface area contributed by atoms with Crippen molar-refractivity contribution in [2.75, 3.05) is 0 Å². The third-order valence-electron chi connectivity index (χ3n) is 4.96. The molecule has 1 heterocycles. The monoisotopic (exact) mass is 430 g/mol. The molecule has 168 valence electrons. The van der Waals surface area contributed by atoms with Crippen LogP contribution >= 0.6 is 0 Å². The molecule has 9 heteroatoms. The second kappa shape index (κ2) is 9.80. The first-order valence-corrected chi connectivity index (χ1v) is 10.5. The van der Waals surface area contributed by atoms with E-state index in [0.29, 0.717) is 24.6 Å². The van der Waals surface area contributed by atoms with Crippen molar-refractivity contribution in [1.82, 2.24) is 20.8 Å². The van der Waals surface area contributed by atoms with Crippen LogP contribution in [0.3, 0.4) is 0 Å². The number of amides is 2. The fraction of sp³-hybridized carbons (Fsp3) is 0.545. The molecule has 0 spiro atoms. The molecule has 3 unspecified atom stereocenters. The summed E-state index contributed by atoms with van der Waals surface area (Å²) in [6, 6.07) is 8.77. The highest BCUT2D eigenvalue weighted by Crippen LogP contribution is 2.32. The lowest BCUT2D eigenvalue weighted by molar-refractivity contribution is 0.0468. The van der Waals surface area contributed by atoms with E-state index in [1.165, 1.54) is 0 Å². The van der Waals surface area contributed by atoms with Crippen LogP contribution in [0.1, 0.15) is 63.3 Å². The van der Waals surface area contributed by atoms with Crippen LogP contribution in [-0.2, 0) is 16.1 Å². The number of hydrogen-bond acceptors (Lipinski definition) is 7. The maximum Gasteiger partial charge on any atom is 0.407 e. The van der Waals surface area contributed by atoms with Gasteiger partial charge >= 0.3 is 12.2 Å². The van der Waals surface area contributed by atoms with E-state index in [0.717, 1.165) is 12.0 Å². The number of hydrogen-bond donors (Lipinski definition) is 2. The van der Waals surface area contributed by atoms with Gasteiger partial charge in [-0.2, -0.15) is 0 Å². The predicted octanol–water partition coefficient (Wildman–Crippen LogP) is 3.83. The molecule has 1 saturated carbocycles. The van der Waals surface area contributed by atoms with Crippen LogP contribution in [0.15, 0.2) is 34.7 Å². The summed E-state index contributed by atoms with van der Waals surface area (Å²) >= 11 is 0. The average Bonchev–Trinajstić information content (AvgIpc) is 3.13. The van der Waals surface area contributed by atoms with Crippen LogP contribution in [0.25, 0.3) is 0 Å². The normalized spacial score (nSPS) is 21.2. The number of carbonyl (C=O) groups excluding carboxylic acids is 2. The zero-order chi connectivity index (χ0) is 22.4. The molecule has 2 aromatic rings. The molecule has 0 bridgehead atoms. The zero-order valence-corrected chi connectivity index (χ0v) is 18.4. The fourth-order valence-electron chi connectivity index (χ4n) is 3.58. The second-order valence-corrected chi connectivity index (χ2v) is 8.73. The van der Waals surface area contributed by atoms with E-state index >= 15 is 0 Å². The SMILES string of the molecule is Cc1nnc(C2CCC(NC(=O)OCc3ccccc3)C(NC(=O)OC(C)(C)C)C2)o1. The van der Waals surface area contributed by atoms with Crippen molar-refractivity contribution < 1.29 is 23.5 Å². The van der Waals surface area contributed by atoms with Gasteiger partial charge in [0.05, 0.1) is 12.1 Å². The van der Waals surface area contributed by atoms with Gasteiger partial charge in [0.2, 0.25) is 11.8 Å². The molecular formula is C22H30N4O5. The third kappa shape index (κ3) is 6.97. The summed E-state index contributed by atoms with van der Waals surface area (Å²) in [6.45, 7) is 7.31. The number of aryl methyl sites for hydroxylation is 1. The van der Waals surface area contributed by atoms with E-state index < -0.39 is 17.8 Å². The Balaban J connectivity index is 1.63. The molecule has 1 aromatic carbocycles. The lowest BCUT2D eigenvalue weighted by Crippen LogP contribution is -2.55. The minimum atomic E-state index is -0.626. The number of alkyl carbamates (subject to hydrolysis) is 2. The lowest BCUT2D eigenvalue weighted by Gasteiger charge is -2.35. The van der Waals surface area contributed by atoms with E-state index in [1.807, 2.05) is 30.3 Å². The second-order valence-electron chi connectivity index (χ2n) is 8.73. The highest BCUT2D eigenvalue weighted by molar-refractivity contribution is 5.70. The van der Waals surface area contributed by atoms with Crippen molar-refractivity contribution in [2.24, 2.45) is 0 Å². The van der Waals surface area contributed by atoms with E-state index in [-0.39, 0.29) is 24.6 Å². The quantitative estimate of drug-likeness (QED) is 0.740. The molecule has 0 saturated heterocycles. The van der Waals surface area contributed by atoms with Crippen molar-refractivity contribution >= 4 is 12.2 Å². The molecule has 9 nitrogen and oxygen atoms in total. The fourth-order valence-corrected chi connectivity index (χ4v) is 3.58. The highest BCUT2D eigenvalue weighted by atomic mass is 16.6. The molecular weight excluding hydrogens is 400 g/mol. The molecule has 2 N–H and O–H groups in total. The van der Waals surface area contributed by atoms with Gasteiger partial charge in [0, 0.05) is 12.8 Å². The van der Waals surface area contributed by atoms with Gasteiger partial charge in [-0.25, -0.2) is 9.59 Å². The summed E-state index contributed by atoms with van der Waals surface area (Å²) in [4.78, 5) is 24.8. The van der Waals surface area contributed by atoms with Crippen molar-refractivity contribution in [3.8, 4) is 0 Å². The molecule has 31 heavy (non-hydrogen) atoms. The number of rotatable bonds is 5. The standard InChI is InChI=1S/C22H30N4O5/c1-14-25-26-19(30-14)16-10-11-17(18(12-16)24-21(28)31-22(2,3)4)23-20(27)29-13-15-8-6-5-7-9-15/h5-9,16-18H,10-13H2,1-4H3,(H,23,27)(H,24,28). The van der Waals surface area contributed by atoms with Crippen LogP contribution in [0.2, 0.25) is 0 Å². The molecule has 3 rings (SSSR count). The Morgan fingerprint density at radius 2 is 1.77 bits per heavy atom. The summed E-state index contributed by atoms with van der Waals surface area (Å²) in [5.41, 5.74) is 0.274. The van der Waals surface area contributed by atoms with E-state index in [2.05, 4.69) is 20.8 Å². The van der Waals surface area contributed by atoms with Crippen LogP contribution < -0.4 is 10.6 Å². The first-order chi connectivity index (χ1) is 14.7. The Morgan fingerprint density at radius 1 is 1.06 bits per heavy atom. The first-order valence-electron chi connectivity index (χ1n) is 10.5. The smallest absolute Gasteiger partial charge is 0.407 e. The van der Waals surface area contributed by atoms with Gasteiger partial charge < -0.3 is 24.5 Å². The van der Waals surface area contributed by atoms with Crippen LogP contribution in [-0.4, -0.2) is 40.1 Å². The number of ether oxygens (including phenoxy) is 2. The van der Waals surface area contributed by atoms with Gasteiger partial charge in [0.15, 0.2) is 0 Å². The van der Waals surface area contributed by atoms with Gasteiger partial charge in [0.25, 0.3) is 0 Å². The summed E-state index contributed by atoms with van der Waals surface area (Å²) in [7, 11) is 0. The topological polar surface area (TPSA) is 116 Å². The van der Waals surface area contributed by atoms with E-state index in [1.54, 1.807) is 27.7 Å². The molecule has 0 aliphatic heterocycles. The Kier molecular flexibility index (Phi) is 7.14. The number of nitrogens with zero attached hydrogens (tertiary/aromatic N) is 2. The minimum absolute atomic E-state index is 0.0143. The van der Waals surface area contributed by atoms with Crippen molar-refractivity contribution in [3.05, 3.63) is 47.7 Å². The van der Waals surface area contributed by atoms with Crippen LogP contribution in [0.4, 0.5) is 9.59 Å². The Labute approximate surface area is 181 Å².